The Morgan fingerprint density at radius 2 is 2.00 bits per heavy atom. The summed E-state index contributed by atoms with van der Waals surface area (Å²) in [6.45, 7) is 1.80. The van der Waals surface area contributed by atoms with E-state index in [1.165, 1.54) is 21.1 Å². The van der Waals surface area contributed by atoms with Crippen molar-refractivity contribution in [3.63, 3.8) is 0 Å². The molecule has 21 heavy (non-hydrogen) atoms. The number of aromatic nitrogens is 1. The molecular formula is C13H22N4O3S. The predicted octanol–water partition coefficient (Wildman–Crippen LogP) is -0.112. The van der Waals surface area contributed by atoms with Crippen LogP contribution < -0.4 is 11.1 Å². The molecule has 1 aromatic rings. The van der Waals surface area contributed by atoms with Gasteiger partial charge < -0.3 is 15.6 Å². The summed E-state index contributed by atoms with van der Waals surface area (Å²) in [6.07, 6.45) is 4.32. The lowest BCUT2D eigenvalue weighted by molar-refractivity contribution is 0.0946. The summed E-state index contributed by atoms with van der Waals surface area (Å²) in [7, 11) is -1.85. The molecule has 0 aromatic carbocycles. The minimum Gasteiger partial charge on any atom is -0.349 e. The second-order valence-electron chi connectivity index (χ2n) is 5.18. The molecule has 1 fully saturated rings. The van der Waals surface area contributed by atoms with Gasteiger partial charge in [0, 0.05) is 39.4 Å². The van der Waals surface area contributed by atoms with Crippen molar-refractivity contribution in [3.05, 3.63) is 18.0 Å². The highest BCUT2D eigenvalue weighted by Crippen LogP contribution is 2.22. The highest BCUT2D eigenvalue weighted by Gasteiger charge is 2.28. The molecule has 0 saturated carbocycles. The Bertz CT molecular complexity index is 603. The van der Waals surface area contributed by atoms with Crippen LogP contribution >= 0.6 is 0 Å². The molecule has 1 amide bonds. The number of hydrogen-bond donors (Lipinski definition) is 2. The van der Waals surface area contributed by atoms with Crippen LogP contribution in [-0.4, -0.2) is 49.4 Å². The number of piperidine rings is 1. The van der Waals surface area contributed by atoms with Crippen LogP contribution in [0.2, 0.25) is 0 Å². The Labute approximate surface area is 125 Å². The smallest absolute Gasteiger partial charge is 0.267 e. The maximum Gasteiger partial charge on any atom is 0.267 e. The van der Waals surface area contributed by atoms with Crippen LogP contribution in [0, 0.1) is 0 Å². The van der Waals surface area contributed by atoms with E-state index in [2.05, 4.69) is 5.32 Å². The second-order valence-corrected chi connectivity index (χ2v) is 7.12. The monoisotopic (exact) mass is 314 g/mol. The van der Waals surface area contributed by atoms with Crippen LogP contribution in [0.5, 0.6) is 0 Å². The molecule has 0 radical (unpaired) electrons. The number of nitrogens with zero attached hydrogens (tertiary/aromatic N) is 2. The van der Waals surface area contributed by atoms with E-state index in [0.29, 0.717) is 31.9 Å². The van der Waals surface area contributed by atoms with Gasteiger partial charge in [0.25, 0.3) is 5.91 Å². The lowest BCUT2D eigenvalue weighted by Gasteiger charge is -2.25. The molecule has 0 spiro atoms. The minimum absolute atomic E-state index is 0.171. The molecule has 0 atom stereocenters. The van der Waals surface area contributed by atoms with E-state index in [1.54, 1.807) is 7.05 Å². The fourth-order valence-corrected chi connectivity index (χ4v) is 4.02. The average Bonchev–Trinajstić information content (AvgIpc) is 2.88. The topological polar surface area (TPSA) is 97.4 Å². The van der Waals surface area contributed by atoms with Gasteiger partial charge in [0.1, 0.15) is 10.6 Å². The largest absolute Gasteiger partial charge is 0.349 e. The van der Waals surface area contributed by atoms with Gasteiger partial charge in [-0.3, -0.25) is 4.79 Å². The summed E-state index contributed by atoms with van der Waals surface area (Å²) < 4.78 is 28.1. The molecule has 0 aliphatic carbocycles. The van der Waals surface area contributed by atoms with Gasteiger partial charge in [0.2, 0.25) is 10.0 Å². The summed E-state index contributed by atoms with van der Waals surface area (Å²) in [5.41, 5.74) is 5.66. The number of hydrogen-bond acceptors (Lipinski definition) is 4. The third kappa shape index (κ3) is 3.45. The standard InChI is InChI=1S/C13H22N4O3S/c1-16-10-11(9-12(16)13(18)15-6-5-14)21(19,20)17-7-3-2-4-8-17/h9-10H,2-8,14H2,1H3,(H,15,18). The Hall–Kier alpha value is -1.38. The number of sulfonamides is 1. The van der Waals surface area contributed by atoms with Crippen molar-refractivity contribution >= 4 is 15.9 Å². The van der Waals surface area contributed by atoms with Crippen LogP contribution in [0.1, 0.15) is 29.8 Å². The number of carbonyl (C=O) groups excluding carboxylic acids is 1. The molecule has 8 heteroatoms. The Morgan fingerprint density at radius 3 is 2.62 bits per heavy atom. The zero-order chi connectivity index (χ0) is 15.5. The molecule has 1 saturated heterocycles. The third-order valence-electron chi connectivity index (χ3n) is 3.60. The second kappa shape index (κ2) is 6.59. The molecule has 3 N–H and O–H groups in total. The first-order valence-corrected chi connectivity index (χ1v) is 8.55. The van der Waals surface area contributed by atoms with E-state index in [4.69, 9.17) is 5.73 Å². The van der Waals surface area contributed by atoms with E-state index in [1.807, 2.05) is 0 Å². The first-order valence-electron chi connectivity index (χ1n) is 7.11. The number of nitrogens with one attached hydrogen (secondary N) is 1. The predicted molar refractivity (Wildman–Crippen MR) is 79.4 cm³/mol. The van der Waals surface area contributed by atoms with Gasteiger partial charge in [-0.15, -0.1) is 0 Å². The van der Waals surface area contributed by atoms with Crippen LogP contribution in [0.15, 0.2) is 17.2 Å². The fraction of sp³-hybridized carbons (Fsp3) is 0.615. The normalized spacial score (nSPS) is 16.9. The van der Waals surface area contributed by atoms with Crippen molar-refractivity contribution in [2.45, 2.75) is 24.2 Å². The van der Waals surface area contributed by atoms with E-state index >= 15 is 0 Å². The third-order valence-corrected chi connectivity index (χ3v) is 5.46. The van der Waals surface area contributed by atoms with Gasteiger partial charge >= 0.3 is 0 Å². The summed E-state index contributed by atoms with van der Waals surface area (Å²) in [6, 6.07) is 1.43. The van der Waals surface area contributed by atoms with Crippen LogP contribution in [-0.2, 0) is 17.1 Å². The Morgan fingerprint density at radius 1 is 1.33 bits per heavy atom. The Kier molecular flexibility index (Phi) is 5.02. The van der Waals surface area contributed by atoms with Gasteiger partial charge in [0.05, 0.1) is 0 Å². The lowest BCUT2D eigenvalue weighted by Crippen LogP contribution is -2.35. The molecule has 2 heterocycles. The molecule has 1 aromatic heterocycles. The molecule has 118 valence electrons. The quantitative estimate of drug-likeness (QED) is 0.792. The van der Waals surface area contributed by atoms with Gasteiger partial charge in [-0.05, 0) is 18.9 Å². The van der Waals surface area contributed by atoms with Crippen molar-refractivity contribution < 1.29 is 13.2 Å². The van der Waals surface area contributed by atoms with Gasteiger partial charge in [-0.25, -0.2) is 8.42 Å². The molecule has 1 aliphatic rings. The molecule has 1 aliphatic heterocycles. The lowest BCUT2D eigenvalue weighted by atomic mass is 10.2. The summed E-state index contributed by atoms with van der Waals surface area (Å²) in [5.74, 6) is -0.317. The first-order chi connectivity index (χ1) is 9.96. The summed E-state index contributed by atoms with van der Waals surface area (Å²) >= 11 is 0. The van der Waals surface area contributed by atoms with Gasteiger partial charge in [0.15, 0.2) is 0 Å². The highest BCUT2D eigenvalue weighted by atomic mass is 32.2. The molecule has 7 nitrogen and oxygen atoms in total. The van der Waals surface area contributed by atoms with Crippen molar-refractivity contribution in [1.29, 1.82) is 0 Å². The molecule has 0 bridgehead atoms. The number of carbonyl (C=O) groups is 1. The highest BCUT2D eigenvalue weighted by molar-refractivity contribution is 7.89. The number of amides is 1. The van der Waals surface area contributed by atoms with Crippen molar-refractivity contribution in [2.75, 3.05) is 26.2 Å². The molecule has 2 rings (SSSR count). The minimum atomic E-state index is -3.51. The van der Waals surface area contributed by atoms with Crippen LogP contribution in [0.4, 0.5) is 0 Å². The maximum absolute atomic E-state index is 12.6. The van der Waals surface area contributed by atoms with E-state index < -0.39 is 10.0 Å². The number of rotatable bonds is 5. The summed E-state index contributed by atoms with van der Waals surface area (Å²) in [5, 5.41) is 2.64. The molecular weight excluding hydrogens is 292 g/mol. The van der Waals surface area contributed by atoms with E-state index in [0.717, 1.165) is 19.3 Å². The van der Waals surface area contributed by atoms with Crippen LogP contribution in [0.3, 0.4) is 0 Å². The maximum atomic E-state index is 12.6. The fourth-order valence-electron chi connectivity index (χ4n) is 2.43. The van der Waals surface area contributed by atoms with E-state index in [9.17, 15) is 13.2 Å². The van der Waals surface area contributed by atoms with Crippen molar-refractivity contribution in [2.24, 2.45) is 12.8 Å². The molecule has 0 unspecified atom stereocenters. The SMILES string of the molecule is Cn1cc(S(=O)(=O)N2CCCCC2)cc1C(=O)NCCN. The summed E-state index contributed by atoms with van der Waals surface area (Å²) in [4.78, 5) is 12.1. The van der Waals surface area contributed by atoms with Gasteiger partial charge in [-0.1, -0.05) is 6.42 Å². The Balaban J connectivity index is 2.22. The van der Waals surface area contributed by atoms with Crippen LogP contribution in [0.25, 0.3) is 0 Å². The average molecular weight is 314 g/mol. The first kappa shape index (κ1) is 16.0. The zero-order valence-electron chi connectivity index (χ0n) is 12.2. The number of nitrogens with two attached hydrogens (primary N) is 1. The van der Waals surface area contributed by atoms with Crippen molar-refractivity contribution in [3.8, 4) is 0 Å². The number of aryl methyl sites for hydroxylation is 1. The van der Waals surface area contributed by atoms with Gasteiger partial charge in [-0.2, -0.15) is 4.31 Å². The zero-order valence-corrected chi connectivity index (χ0v) is 13.0. The van der Waals surface area contributed by atoms with Crippen molar-refractivity contribution in [1.82, 2.24) is 14.2 Å². The van der Waals surface area contributed by atoms with E-state index in [-0.39, 0.29) is 10.8 Å².